The van der Waals surface area contributed by atoms with Crippen LogP contribution < -0.4 is 21.0 Å². The highest BCUT2D eigenvalue weighted by Gasteiger charge is 2.24. The fourth-order valence-electron chi connectivity index (χ4n) is 4.75. The summed E-state index contributed by atoms with van der Waals surface area (Å²) >= 11 is 6.59. The van der Waals surface area contributed by atoms with E-state index in [9.17, 15) is 4.79 Å². The van der Waals surface area contributed by atoms with E-state index >= 15 is 0 Å². The summed E-state index contributed by atoms with van der Waals surface area (Å²) < 4.78 is 0. The molecule has 35 heavy (non-hydrogen) atoms. The lowest BCUT2D eigenvalue weighted by molar-refractivity contribution is 0.240. The van der Waals surface area contributed by atoms with E-state index in [1.165, 1.54) is 6.42 Å². The maximum Gasteiger partial charge on any atom is 0.320 e. The average Bonchev–Trinajstić information content (AvgIpc) is 2.89. The number of nitrogens with zero attached hydrogens (tertiary/aromatic N) is 5. The fraction of sp³-hybridized carbons (Fsp3) is 0.440. The molecule has 0 radical (unpaired) electrons. The molecule has 0 bridgehead atoms. The summed E-state index contributed by atoms with van der Waals surface area (Å²) in [5, 5.41) is 14.7. The first-order valence-electron chi connectivity index (χ1n) is 12.3. The molecule has 2 aliphatic rings. The van der Waals surface area contributed by atoms with Gasteiger partial charge in [0.25, 0.3) is 0 Å². The van der Waals surface area contributed by atoms with Crippen molar-refractivity contribution in [3.63, 3.8) is 0 Å². The van der Waals surface area contributed by atoms with E-state index in [1.807, 2.05) is 42.3 Å². The molecule has 10 heteroatoms. The van der Waals surface area contributed by atoms with Crippen LogP contribution in [0.15, 0.2) is 36.5 Å². The van der Waals surface area contributed by atoms with Gasteiger partial charge in [-0.1, -0.05) is 49.1 Å². The van der Waals surface area contributed by atoms with E-state index in [-0.39, 0.29) is 12.1 Å². The fourth-order valence-corrected chi connectivity index (χ4v) is 4.94. The first-order valence-corrected chi connectivity index (χ1v) is 12.7. The van der Waals surface area contributed by atoms with E-state index in [0.717, 1.165) is 68.5 Å². The molecule has 3 heterocycles. The number of pyridine rings is 1. The van der Waals surface area contributed by atoms with Crippen molar-refractivity contribution in [3.8, 4) is 0 Å². The maximum absolute atomic E-state index is 12.7. The molecule has 3 aromatic rings. The number of aryl methyl sites for hydroxylation is 1. The summed E-state index contributed by atoms with van der Waals surface area (Å²) in [5.41, 5.74) is 2.25. The average molecular weight is 495 g/mol. The Morgan fingerprint density at radius 3 is 2.60 bits per heavy atom. The second-order valence-corrected chi connectivity index (χ2v) is 9.47. The van der Waals surface area contributed by atoms with Gasteiger partial charge in [0.2, 0.25) is 5.95 Å². The molecule has 1 saturated heterocycles. The van der Waals surface area contributed by atoms with Gasteiger partial charge in [0.05, 0.1) is 10.7 Å². The Morgan fingerprint density at radius 2 is 1.86 bits per heavy atom. The quantitative estimate of drug-likeness (QED) is 0.483. The number of fused-ring (bicyclic) bond motifs is 1. The minimum atomic E-state index is -0.286. The minimum absolute atomic E-state index is 0.191. The van der Waals surface area contributed by atoms with Crippen molar-refractivity contribution in [3.05, 3.63) is 47.1 Å². The molecule has 2 aromatic heterocycles. The number of piperazine rings is 1. The number of hydrogen-bond donors (Lipinski definition) is 3. The van der Waals surface area contributed by atoms with Crippen LogP contribution in [0.1, 0.15) is 37.7 Å². The number of nitrogens with one attached hydrogen (secondary N) is 3. The van der Waals surface area contributed by atoms with Gasteiger partial charge in [-0.15, -0.1) is 0 Å². The number of para-hydroxylation sites is 1. The molecule has 0 spiro atoms. The first kappa shape index (κ1) is 23.7. The van der Waals surface area contributed by atoms with Crippen LogP contribution in [-0.2, 0) is 0 Å². The van der Waals surface area contributed by atoms with E-state index in [1.54, 1.807) is 6.20 Å². The number of rotatable bonds is 5. The number of halogens is 1. The van der Waals surface area contributed by atoms with Crippen molar-refractivity contribution in [2.45, 2.75) is 45.1 Å². The Kier molecular flexibility index (Phi) is 7.26. The normalized spacial score (nSPS) is 17.3. The zero-order valence-corrected chi connectivity index (χ0v) is 20.7. The first-order chi connectivity index (χ1) is 17.1. The van der Waals surface area contributed by atoms with Crippen LogP contribution >= 0.6 is 11.6 Å². The third-order valence-corrected chi connectivity index (χ3v) is 7.12. The third kappa shape index (κ3) is 5.32. The SMILES string of the molecule is Cc1c(Cl)c(NC(=O)NC2CCCCC2)nc2nc(N(c3ccccc3)N3CCNCC3)ncc12. The predicted octanol–water partition coefficient (Wildman–Crippen LogP) is 4.40. The van der Waals surface area contributed by atoms with Crippen LogP contribution in [0.25, 0.3) is 11.0 Å². The maximum atomic E-state index is 12.7. The van der Waals surface area contributed by atoms with E-state index < -0.39 is 0 Å². The number of hydrazine groups is 1. The number of amides is 2. The van der Waals surface area contributed by atoms with Crippen LogP contribution in [0.5, 0.6) is 0 Å². The summed E-state index contributed by atoms with van der Waals surface area (Å²) in [5.74, 6) is 0.834. The molecular weight excluding hydrogens is 464 g/mol. The highest BCUT2D eigenvalue weighted by Crippen LogP contribution is 2.32. The third-order valence-electron chi connectivity index (χ3n) is 6.65. The van der Waals surface area contributed by atoms with Crippen molar-refractivity contribution < 1.29 is 4.79 Å². The van der Waals surface area contributed by atoms with Gasteiger partial charge in [0, 0.05) is 43.8 Å². The Bertz CT molecular complexity index is 1180. The number of hydrogen-bond acceptors (Lipinski definition) is 7. The van der Waals surface area contributed by atoms with E-state index in [2.05, 4.69) is 30.9 Å². The smallest absolute Gasteiger partial charge is 0.320 e. The van der Waals surface area contributed by atoms with Gasteiger partial charge >= 0.3 is 6.03 Å². The molecule has 1 saturated carbocycles. The van der Waals surface area contributed by atoms with Gasteiger partial charge in [0.1, 0.15) is 0 Å². The largest absolute Gasteiger partial charge is 0.335 e. The lowest BCUT2D eigenvalue weighted by Crippen LogP contribution is -2.51. The molecule has 2 amide bonds. The molecular formula is C25H31ClN8O. The van der Waals surface area contributed by atoms with E-state index in [0.29, 0.717) is 22.4 Å². The second kappa shape index (κ2) is 10.7. The molecule has 1 aliphatic carbocycles. The summed E-state index contributed by atoms with van der Waals surface area (Å²) in [6.07, 6.45) is 7.28. The second-order valence-electron chi connectivity index (χ2n) is 9.09. The zero-order valence-electron chi connectivity index (χ0n) is 19.9. The minimum Gasteiger partial charge on any atom is -0.335 e. The number of carbonyl (C=O) groups excluding carboxylic acids is 1. The van der Waals surface area contributed by atoms with Gasteiger partial charge < -0.3 is 10.6 Å². The number of urea groups is 1. The summed E-state index contributed by atoms with van der Waals surface area (Å²) in [6, 6.07) is 9.98. The van der Waals surface area contributed by atoms with Crippen molar-refractivity contribution in [1.82, 2.24) is 30.6 Å². The van der Waals surface area contributed by atoms with Crippen LogP contribution in [0.4, 0.5) is 22.2 Å². The number of aromatic nitrogens is 3. The van der Waals surface area contributed by atoms with E-state index in [4.69, 9.17) is 16.6 Å². The van der Waals surface area contributed by atoms with Gasteiger partial charge in [0.15, 0.2) is 11.5 Å². The highest BCUT2D eigenvalue weighted by molar-refractivity contribution is 6.35. The highest BCUT2D eigenvalue weighted by atomic mass is 35.5. The molecule has 0 unspecified atom stereocenters. The predicted molar refractivity (Wildman–Crippen MR) is 139 cm³/mol. The summed E-state index contributed by atoms with van der Waals surface area (Å²) in [7, 11) is 0. The molecule has 184 valence electrons. The summed E-state index contributed by atoms with van der Waals surface area (Å²) in [4.78, 5) is 26.8. The number of anilines is 3. The topological polar surface area (TPSA) is 98.3 Å². The van der Waals surface area contributed by atoms with Crippen LogP contribution in [-0.4, -0.2) is 58.2 Å². The molecule has 9 nitrogen and oxygen atoms in total. The lowest BCUT2D eigenvalue weighted by Gasteiger charge is -2.37. The number of benzene rings is 1. The monoisotopic (exact) mass is 494 g/mol. The molecule has 0 atom stereocenters. The number of carbonyl (C=O) groups is 1. The van der Waals surface area contributed by atoms with Gasteiger partial charge in [-0.3, -0.25) is 5.32 Å². The van der Waals surface area contributed by atoms with Gasteiger partial charge in [-0.05, 0) is 37.5 Å². The van der Waals surface area contributed by atoms with Gasteiger partial charge in [-0.25, -0.2) is 24.8 Å². The standard InChI is InChI=1S/C25H31ClN8O/c1-17-20-16-28-24(34(19-10-6-3-7-11-19)33-14-12-27-13-15-33)31-22(20)30-23(21(17)26)32-25(35)29-18-8-4-2-5-9-18/h3,6-7,10-11,16,18,27H,2,4-5,8-9,12-15H2,1H3,(H2,28,29,30,31,32,35). The van der Waals surface area contributed by atoms with Crippen LogP contribution in [0.3, 0.4) is 0 Å². The zero-order chi connectivity index (χ0) is 24.2. The summed E-state index contributed by atoms with van der Waals surface area (Å²) in [6.45, 7) is 5.32. The molecule has 1 aromatic carbocycles. The van der Waals surface area contributed by atoms with Crippen molar-refractivity contribution in [2.75, 3.05) is 36.5 Å². The molecule has 5 rings (SSSR count). The van der Waals surface area contributed by atoms with Crippen molar-refractivity contribution in [1.29, 1.82) is 0 Å². The van der Waals surface area contributed by atoms with Crippen molar-refractivity contribution in [2.24, 2.45) is 0 Å². The van der Waals surface area contributed by atoms with Crippen molar-refractivity contribution >= 4 is 46.1 Å². The Labute approximate surface area is 210 Å². The van der Waals surface area contributed by atoms with Crippen LogP contribution in [0, 0.1) is 6.92 Å². The Hall–Kier alpha value is -3.01. The Morgan fingerprint density at radius 1 is 1.11 bits per heavy atom. The molecule has 1 aliphatic heterocycles. The van der Waals surface area contributed by atoms with Gasteiger partial charge in [-0.2, -0.15) is 4.98 Å². The Balaban J connectivity index is 1.46. The molecule has 2 fully saturated rings. The molecule has 3 N–H and O–H groups in total. The van der Waals surface area contributed by atoms with Crippen LogP contribution in [0.2, 0.25) is 5.02 Å². The lowest BCUT2D eigenvalue weighted by atomic mass is 9.96.